The topological polar surface area (TPSA) is 19.4 Å². The lowest BCUT2D eigenvalue weighted by Crippen LogP contribution is -2.33. The van der Waals surface area contributed by atoms with E-state index in [-0.39, 0.29) is 5.41 Å². The average Bonchev–Trinajstić information content (AvgIpc) is 2.92. The Labute approximate surface area is 159 Å². The number of aryl methyl sites for hydroxylation is 1. The van der Waals surface area contributed by atoms with Crippen molar-refractivity contribution in [3.05, 3.63) is 47.2 Å². The summed E-state index contributed by atoms with van der Waals surface area (Å²) in [6.07, 6.45) is 0. The molecule has 0 fully saturated rings. The quantitative estimate of drug-likeness (QED) is 0.662. The molecular weight excluding hydrogens is 318 g/mol. The first-order valence-electron chi connectivity index (χ1n) is 9.75. The molecule has 0 aliphatic carbocycles. The molecule has 140 valence electrons. The molecule has 1 aromatic heterocycles. The van der Waals surface area contributed by atoms with E-state index in [1.165, 1.54) is 22.5 Å². The number of aromatic nitrogens is 1. The summed E-state index contributed by atoms with van der Waals surface area (Å²) in [7, 11) is 0. The zero-order valence-corrected chi connectivity index (χ0v) is 17.6. The smallest absolute Gasteiger partial charge is 0.158 e. The van der Waals surface area contributed by atoms with Gasteiger partial charge in [0.1, 0.15) is 0 Å². The predicted octanol–water partition coefficient (Wildman–Crippen LogP) is 6.13. The summed E-state index contributed by atoms with van der Waals surface area (Å²) in [5.74, 6) is 1.59. The van der Waals surface area contributed by atoms with Crippen LogP contribution in [-0.2, 0) is 5.41 Å². The summed E-state index contributed by atoms with van der Waals surface area (Å²) < 4.78 is 0. The second-order valence-corrected chi connectivity index (χ2v) is 9.15. The zero-order chi connectivity index (χ0) is 19.2. The van der Waals surface area contributed by atoms with Gasteiger partial charge in [-0.25, -0.2) is 4.98 Å². The first kappa shape index (κ1) is 18.8. The molecule has 0 N–H and O–H groups in total. The maximum Gasteiger partial charge on any atom is 0.158 e. The molecule has 2 heterocycles. The Morgan fingerprint density at radius 3 is 2.27 bits per heavy atom. The van der Waals surface area contributed by atoms with Crippen molar-refractivity contribution in [3.63, 3.8) is 0 Å². The SMILES string of the molecule is Cc1ccc2c(n1)N(c1cc(C(C)C)cc(C(C)(C)C)c1)CN2C(C)C. The van der Waals surface area contributed by atoms with Crippen molar-refractivity contribution >= 4 is 17.2 Å². The Morgan fingerprint density at radius 1 is 1.00 bits per heavy atom. The van der Waals surface area contributed by atoms with Gasteiger partial charge in [-0.3, -0.25) is 0 Å². The number of nitrogens with zero attached hydrogens (tertiary/aromatic N) is 3. The van der Waals surface area contributed by atoms with E-state index in [2.05, 4.69) is 95.5 Å². The van der Waals surface area contributed by atoms with Crippen LogP contribution in [0.4, 0.5) is 17.2 Å². The molecule has 3 nitrogen and oxygen atoms in total. The van der Waals surface area contributed by atoms with Gasteiger partial charge in [0.2, 0.25) is 0 Å². The van der Waals surface area contributed by atoms with Gasteiger partial charge in [0, 0.05) is 17.4 Å². The van der Waals surface area contributed by atoms with Gasteiger partial charge in [0.25, 0.3) is 0 Å². The monoisotopic (exact) mass is 351 g/mol. The summed E-state index contributed by atoms with van der Waals surface area (Å²) in [6, 6.07) is 11.8. The van der Waals surface area contributed by atoms with E-state index >= 15 is 0 Å². The molecular formula is C23H33N3. The molecule has 0 saturated heterocycles. The Bertz CT molecular complexity index is 800. The van der Waals surface area contributed by atoms with Crippen LogP contribution in [0.2, 0.25) is 0 Å². The molecule has 0 bridgehead atoms. The van der Waals surface area contributed by atoms with E-state index < -0.39 is 0 Å². The zero-order valence-electron chi connectivity index (χ0n) is 17.6. The third-order valence-corrected chi connectivity index (χ3v) is 5.26. The summed E-state index contributed by atoms with van der Waals surface area (Å²) in [5.41, 5.74) is 6.46. The van der Waals surface area contributed by atoms with Crippen LogP contribution in [-0.4, -0.2) is 17.7 Å². The van der Waals surface area contributed by atoms with Crippen molar-refractivity contribution in [2.75, 3.05) is 16.5 Å². The van der Waals surface area contributed by atoms with Gasteiger partial charge in [-0.1, -0.05) is 40.7 Å². The highest BCUT2D eigenvalue weighted by atomic mass is 15.4. The van der Waals surface area contributed by atoms with Crippen molar-refractivity contribution in [1.29, 1.82) is 0 Å². The van der Waals surface area contributed by atoms with Crippen LogP contribution in [0.15, 0.2) is 30.3 Å². The minimum absolute atomic E-state index is 0.125. The molecule has 0 amide bonds. The van der Waals surface area contributed by atoms with Crippen molar-refractivity contribution < 1.29 is 0 Å². The molecule has 1 aliphatic rings. The Balaban J connectivity index is 2.15. The Morgan fingerprint density at radius 2 is 1.69 bits per heavy atom. The fraction of sp³-hybridized carbons (Fsp3) is 0.522. The second kappa shape index (κ2) is 6.61. The van der Waals surface area contributed by atoms with Crippen LogP contribution in [0, 0.1) is 6.92 Å². The number of hydrogen-bond donors (Lipinski definition) is 0. The van der Waals surface area contributed by atoms with Crippen LogP contribution in [0.25, 0.3) is 0 Å². The molecule has 26 heavy (non-hydrogen) atoms. The molecule has 3 rings (SSSR count). The van der Waals surface area contributed by atoms with Crippen molar-refractivity contribution in [1.82, 2.24) is 4.98 Å². The fourth-order valence-electron chi connectivity index (χ4n) is 3.46. The van der Waals surface area contributed by atoms with Gasteiger partial charge in [0.05, 0.1) is 12.4 Å². The largest absolute Gasteiger partial charge is 0.348 e. The molecule has 0 radical (unpaired) electrons. The predicted molar refractivity (Wildman–Crippen MR) is 113 cm³/mol. The summed E-state index contributed by atoms with van der Waals surface area (Å²) >= 11 is 0. The van der Waals surface area contributed by atoms with Crippen LogP contribution in [0.5, 0.6) is 0 Å². The lowest BCUT2D eigenvalue weighted by molar-refractivity contribution is 0.588. The third-order valence-electron chi connectivity index (χ3n) is 5.26. The maximum absolute atomic E-state index is 4.89. The van der Waals surface area contributed by atoms with Crippen LogP contribution in [0.3, 0.4) is 0 Å². The average molecular weight is 352 g/mol. The van der Waals surface area contributed by atoms with E-state index in [0.717, 1.165) is 18.2 Å². The third kappa shape index (κ3) is 3.44. The number of fused-ring (bicyclic) bond motifs is 1. The van der Waals surface area contributed by atoms with Crippen LogP contribution in [0.1, 0.15) is 71.2 Å². The molecule has 0 atom stereocenters. The summed E-state index contributed by atoms with van der Waals surface area (Å²) in [5, 5.41) is 0. The number of hydrogen-bond acceptors (Lipinski definition) is 3. The lowest BCUT2D eigenvalue weighted by atomic mass is 9.84. The summed E-state index contributed by atoms with van der Waals surface area (Å²) in [6.45, 7) is 18.8. The van der Waals surface area contributed by atoms with Gasteiger partial charge >= 0.3 is 0 Å². The van der Waals surface area contributed by atoms with Gasteiger partial charge in [-0.15, -0.1) is 0 Å². The number of pyridine rings is 1. The highest BCUT2D eigenvalue weighted by Gasteiger charge is 2.31. The van der Waals surface area contributed by atoms with E-state index in [4.69, 9.17) is 4.98 Å². The van der Waals surface area contributed by atoms with Crippen molar-refractivity contribution in [2.45, 2.75) is 72.8 Å². The lowest BCUT2D eigenvalue weighted by Gasteiger charge is -2.27. The molecule has 0 spiro atoms. The molecule has 2 aromatic rings. The highest BCUT2D eigenvalue weighted by Crippen LogP contribution is 2.42. The van der Waals surface area contributed by atoms with E-state index in [1.54, 1.807) is 0 Å². The van der Waals surface area contributed by atoms with Crippen molar-refractivity contribution in [2.24, 2.45) is 0 Å². The Kier molecular flexibility index (Phi) is 4.76. The van der Waals surface area contributed by atoms with Crippen LogP contribution >= 0.6 is 0 Å². The molecule has 3 heteroatoms. The number of rotatable bonds is 3. The van der Waals surface area contributed by atoms with E-state index in [0.29, 0.717) is 12.0 Å². The van der Waals surface area contributed by atoms with Gasteiger partial charge < -0.3 is 9.80 Å². The van der Waals surface area contributed by atoms with Gasteiger partial charge in [-0.05, 0) is 67.5 Å². The standard InChI is InChI=1S/C23H33N3/c1-15(2)18-11-19(23(6,7)8)13-20(12-18)26-14-25(16(3)4)21-10-9-17(5)24-22(21)26/h9-13,15-16H,14H2,1-8H3. The Hall–Kier alpha value is -2.03. The number of anilines is 3. The van der Waals surface area contributed by atoms with E-state index in [1.807, 2.05) is 0 Å². The van der Waals surface area contributed by atoms with Crippen LogP contribution < -0.4 is 9.80 Å². The maximum atomic E-state index is 4.89. The van der Waals surface area contributed by atoms with Gasteiger partial charge in [-0.2, -0.15) is 0 Å². The summed E-state index contributed by atoms with van der Waals surface area (Å²) in [4.78, 5) is 9.70. The molecule has 0 saturated carbocycles. The van der Waals surface area contributed by atoms with Gasteiger partial charge in [0.15, 0.2) is 5.82 Å². The normalized spacial score (nSPS) is 14.5. The molecule has 1 aliphatic heterocycles. The number of benzene rings is 1. The minimum Gasteiger partial charge on any atom is -0.348 e. The highest BCUT2D eigenvalue weighted by molar-refractivity contribution is 5.80. The van der Waals surface area contributed by atoms with Crippen molar-refractivity contribution in [3.8, 4) is 0 Å². The van der Waals surface area contributed by atoms with E-state index in [9.17, 15) is 0 Å². The first-order chi connectivity index (χ1) is 12.1. The molecule has 0 unspecified atom stereocenters. The second-order valence-electron chi connectivity index (χ2n) is 9.15. The fourth-order valence-corrected chi connectivity index (χ4v) is 3.46. The first-order valence-corrected chi connectivity index (χ1v) is 9.75. The molecule has 1 aromatic carbocycles. The minimum atomic E-state index is 0.125.